The molecule has 2 unspecified atom stereocenters. The first kappa shape index (κ1) is 27.0. The van der Waals surface area contributed by atoms with Gasteiger partial charge in [-0.1, -0.05) is 66.2 Å². The van der Waals surface area contributed by atoms with Crippen LogP contribution in [-0.4, -0.2) is 13.2 Å². The maximum Gasteiger partial charge on any atom is 0.134 e. The zero-order chi connectivity index (χ0) is 22.6. The number of unbranched alkanes of at least 4 members (excludes halogenated alkanes) is 2. The molecule has 1 heterocycles. The van der Waals surface area contributed by atoms with Crippen molar-refractivity contribution in [2.75, 3.05) is 13.2 Å². The first-order valence-electron chi connectivity index (χ1n) is 11.9. The Bertz CT molecular complexity index is 777. The molecular formula is C26H38BrIO2S. The van der Waals surface area contributed by atoms with E-state index in [0.29, 0.717) is 11.8 Å². The van der Waals surface area contributed by atoms with Gasteiger partial charge in [-0.2, -0.15) is 0 Å². The molecule has 31 heavy (non-hydrogen) atoms. The van der Waals surface area contributed by atoms with Crippen LogP contribution in [0.15, 0.2) is 28.7 Å². The Labute approximate surface area is 215 Å². The summed E-state index contributed by atoms with van der Waals surface area (Å²) in [6, 6.07) is 8.63. The van der Waals surface area contributed by atoms with Crippen LogP contribution in [0.2, 0.25) is 0 Å². The van der Waals surface area contributed by atoms with Gasteiger partial charge in [0.05, 0.1) is 20.6 Å². The lowest BCUT2D eigenvalue weighted by Gasteiger charge is -2.20. The molecule has 0 saturated carbocycles. The molecule has 1 aromatic heterocycles. The zero-order valence-corrected chi connectivity index (χ0v) is 24.1. The molecule has 5 heteroatoms. The van der Waals surface area contributed by atoms with Gasteiger partial charge in [-0.25, -0.2) is 0 Å². The molecule has 0 aliphatic rings. The monoisotopic (exact) mass is 620 g/mol. The maximum absolute atomic E-state index is 6.41. The number of hydrogen-bond donors (Lipinski definition) is 0. The largest absolute Gasteiger partial charge is 0.493 e. The van der Waals surface area contributed by atoms with Crippen LogP contribution < -0.4 is 9.47 Å². The van der Waals surface area contributed by atoms with E-state index >= 15 is 0 Å². The van der Waals surface area contributed by atoms with Crippen LogP contribution in [0.25, 0.3) is 10.4 Å². The molecule has 2 atom stereocenters. The number of hydrogen-bond acceptors (Lipinski definition) is 3. The fourth-order valence-electron chi connectivity index (χ4n) is 3.63. The highest BCUT2D eigenvalue weighted by Gasteiger charge is 2.17. The Morgan fingerprint density at radius 3 is 1.94 bits per heavy atom. The van der Waals surface area contributed by atoms with Gasteiger partial charge in [0, 0.05) is 10.4 Å². The highest BCUT2D eigenvalue weighted by Crippen LogP contribution is 2.42. The molecular weight excluding hydrogens is 583 g/mol. The molecule has 174 valence electrons. The van der Waals surface area contributed by atoms with E-state index in [1.165, 1.54) is 46.3 Å². The van der Waals surface area contributed by atoms with E-state index in [9.17, 15) is 0 Å². The molecule has 0 amide bonds. The van der Waals surface area contributed by atoms with Gasteiger partial charge < -0.3 is 9.47 Å². The summed E-state index contributed by atoms with van der Waals surface area (Å²) in [5, 5.41) is 0. The molecule has 0 aliphatic heterocycles. The minimum Gasteiger partial charge on any atom is -0.493 e. The van der Waals surface area contributed by atoms with Gasteiger partial charge in [0.2, 0.25) is 0 Å². The summed E-state index contributed by atoms with van der Waals surface area (Å²) in [5.74, 6) is 3.08. The second-order valence-electron chi connectivity index (χ2n) is 8.34. The van der Waals surface area contributed by atoms with Crippen LogP contribution in [0, 0.1) is 14.7 Å². The number of halogens is 2. The third-order valence-corrected chi connectivity index (χ3v) is 8.46. The van der Waals surface area contributed by atoms with Crippen LogP contribution in [0.4, 0.5) is 0 Å². The Morgan fingerprint density at radius 1 is 0.871 bits per heavy atom. The van der Waals surface area contributed by atoms with Crippen molar-refractivity contribution in [3.8, 4) is 21.9 Å². The third-order valence-electron chi connectivity index (χ3n) is 5.91. The standard InChI is InChI=1S/C26H38BrIO2S/c1-5-9-11-19(7-3)17-29-23-16-22(27)24(30-18-20(8-4)12-10-6-2)15-21(23)25-13-14-26(28)31-25/h13-16,19-20H,5-12,17-18H2,1-4H3. The number of ether oxygens (including phenoxy) is 2. The normalized spacial score (nSPS) is 13.2. The van der Waals surface area contributed by atoms with E-state index in [-0.39, 0.29) is 0 Å². The molecule has 0 fully saturated rings. The van der Waals surface area contributed by atoms with Crippen LogP contribution >= 0.6 is 49.9 Å². The van der Waals surface area contributed by atoms with Crippen molar-refractivity contribution in [2.45, 2.75) is 79.1 Å². The van der Waals surface area contributed by atoms with Crippen molar-refractivity contribution in [3.63, 3.8) is 0 Å². The Morgan fingerprint density at radius 2 is 1.45 bits per heavy atom. The fourth-order valence-corrected chi connectivity index (χ4v) is 5.71. The van der Waals surface area contributed by atoms with E-state index in [0.717, 1.165) is 47.6 Å². The molecule has 0 bridgehead atoms. The lowest BCUT2D eigenvalue weighted by Crippen LogP contribution is -2.13. The molecule has 0 aliphatic carbocycles. The minimum absolute atomic E-state index is 0.606. The summed E-state index contributed by atoms with van der Waals surface area (Å²) in [6.07, 6.45) is 9.80. The Kier molecular flexibility index (Phi) is 12.9. The van der Waals surface area contributed by atoms with Crippen LogP contribution in [0.1, 0.15) is 79.1 Å². The van der Waals surface area contributed by atoms with Crippen LogP contribution in [0.3, 0.4) is 0 Å². The molecule has 1 aromatic carbocycles. The summed E-state index contributed by atoms with van der Waals surface area (Å²) < 4.78 is 15.0. The Hall–Kier alpha value is -0.270. The van der Waals surface area contributed by atoms with Gasteiger partial charge in [0.15, 0.2) is 0 Å². The second-order valence-corrected chi connectivity index (χ2v) is 12.2. The second kappa shape index (κ2) is 14.8. The van der Waals surface area contributed by atoms with E-state index in [1.807, 2.05) is 0 Å². The fraction of sp³-hybridized carbons (Fsp3) is 0.615. The molecule has 0 radical (unpaired) electrons. The quantitative estimate of drug-likeness (QED) is 0.184. The first-order valence-corrected chi connectivity index (χ1v) is 14.6. The van der Waals surface area contributed by atoms with E-state index < -0.39 is 0 Å². The topological polar surface area (TPSA) is 18.5 Å². The first-order chi connectivity index (χ1) is 15.0. The number of thiophene rings is 1. The van der Waals surface area contributed by atoms with Gasteiger partial charge in [-0.05, 0) is 87.5 Å². The van der Waals surface area contributed by atoms with E-state index in [1.54, 1.807) is 11.3 Å². The van der Waals surface area contributed by atoms with Crippen molar-refractivity contribution in [1.29, 1.82) is 0 Å². The minimum atomic E-state index is 0.606. The van der Waals surface area contributed by atoms with Gasteiger partial charge in [0.25, 0.3) is 0 Å². The highest BCUT2D eigenvalue weighted by molar-refractivity contribution is 14.1. The van der Waals surface area contributed by atoms with Crippen molar-refractivity contribution in [3.05, 3.63) is 31.6 Å². The summed E-state index contributed by atoms with van der Waals surface area (Å²) in [4.78, 5) is 1.23. The summed E-state index contributed by atoms with van der Waals surface area (Å²) in [5.41, 5.74) is 1.14. The van der Waals surface area contributed by atoms with Gasteiger partial charge in [0.1, 0.15) is 11.5 Å². The predicted octanol–water partition coefficient (Wildman–Crippen LogP) is 9.97. The SMILES string of the molecule is CCCCC(CC)COc1cc(-c2ccc(I)s2)c(OCC(CC)CCCC)cc1Br. The molecule has 2 aromatic rings. The maximum atomic E-state index is 6.41. The van der Waals surface area contributed by atoms with E-state index in [2.05, 4.69) is 90.5 Å². The number of rotatable bonds is 15. The molecule has 0 saturated heterocycles. The average Bonchev–Trinajstić information content (AvgIpc) is 3.21. The van der Waals surface area contributed by atoms with Crippen molar-refractivity contribution < 1.29 is 9.47 Å². The van der Waals surface area contributed by atoms with Gasteiger partial charge in [-0.15, -0.1) is 11.3 Å². The summed E-state index contributed by atoms with van der Waals surface area (Å²) in [6.45, 7) is 10.6. The summed E-state index contributed by atoms with van der Waals surface area (Å²) >= 11 is 7.93. The molecule has 2 nitrogen and oxygen atoms in total. The van der Waals surface area contributed by atoms with Gasteiger partial charge in [-0.3, -0.25) is 0 Å². The van der Waals surface area contributed by atoms with Gasteiger partial charge >= 0.3 is 0 Å². The number of benzene rings is 1. The lowest BCUT2D eigenvalue weighted by atomic mass is 10.0. The lowest BCUT2D eigenvalue weighted by molar-refractivity contribution is 0.227. The van der Waals surface area contributed by atoms with Crippen LogP contribution in [-0.2, 0) is 0 Å². The highest BCUT2D eigenvalue weighted by atomic mass is 127. The molecule has 0 spiro atoms. The third kappa shape index (κ3) is 8.88. The smallest absolute Gasteiger partial charge is 0.134 e. The Balaban J connectivity index is 2.22. The van der Waals surface area contributed by atoms with E-state index in [4.69, 9.17) is 9.47 Å². The molecule has 0 N–H and O–H groups in total. The summed E-state index contributed by atoms with van der Waals surface area (Å²) in [7, 11) is 0. The molecule has 2 rings (SSSR count). The average molecular weight is 621 g/mol. The van der Waals surface area contributed by atoms with Crippen molar-refractivity contribution in [1.82, 2.24) is 0 Å². The predicted molar refractivity (Wildman–Crippen MR) is 148 cm³/mol. The van der Waals surface area contributed by atoms with Crippen molar-refractivity contribution in [2.24, 2.45) is 11.8 Å². The zero-order valence-electron chi connectivity index (χ0n) is 19.5. The van der Waals surface area contributed by atoms with Crippen molar-refractivity contribution >= 4 is 49.9 Å². The van der Waals surface area contributed by atoms with Crippen LogP contribution in [0.5, 0.6) is 11.5 Å².